The summed E-state index contributed by atoms with van der Waals surface area (Å²) >= 11 is 1.65. The van der Waals surface area contributed by atoms with Crippen LogP contribution < -0.4 is 15.4 Å². The third-order valence-corrected chi connectivity index (χ3v) is 5.67. The van der Waals surface area contributed by atoms with Gasteiger partial charge in [0.05, 0.1) is 13.2 Å². The summed E-state index contributed by atoms with van der Waals surface area (Å²) in [5.74, 6) is 1.86. The van der Waals surface area contributed by atoms with Crippen molar-refractivity contribution >= 4 is 29.3 Å². The van der Waals surface area contributed by atoms with Gasteiger partial charge in [-0.2, -0.15) is 0 Å². The standard InChI is InChI=1S/C22H26N2O3S/c1-15(16-5-7-18(8-6-16)24-22(26)17-3-4-17)23-21(25)13-14-28-20-11-9-19(27-2)10-12-20/h5-12,15,17H,3-4,13-14H2,1-2H3,(H,23,25)(H,24,26). The number of methoxy groups -OCH3 is 1. The fourth-order valence-electron chi connectivity index (χ4n) is 2.78. The first kappa shape index (κ1) is 20.3. The molecule has 1 saturated carbocycles. The highest BCUT2D eigenvalue weighted by Crippen LogP contribution is 2.30. The molecule has 1 unspecified atom stereocenters. The minimum Gasteiger partial charge on any atom is -0.497 e. The quantitative estimate of drug-likeness (QED) is 0.614. The molecule has 1 fully saturated rings. The molecule has 148 valence electrons. The molecule has 0 saturated heterocycles. The molecular formula is C22H26N2O3S. The van der Waals surface area contributed by atoms with E-state index in [4.69, 9.17) is 4.74 Å². The second-order valence-corrected chi connectivity index (χ2v) is 8.12. The highest BCUT2D eigenvalue weighted by Gasteiger charge is 2.29. The normalized spacial score (nSPS) is 14.2. The first-order valence-electron chi connectivity index (χ1n) is 9.52. The van der Waals surface area contributed by atoms with Crippen LogP contribution in [0.15, 0.2) is 53.4 Å². The van der Waals surface area contributed by atoms with Gasteiger partial charge >= 0.3 is 0 Å². The number of benzene rings is 2. The number of anilines is 1. The van der Waals surface area contributed by atoms with E-state index in [-0.39, 0.29) is 23.8 Å². The summed E-state index contributed by atoms with van der Waals surface area (Å²) in [7, 11) is 1.64. The van der Waals surface area contributed by atoms with Crippen LogP contribution >= 0.6 is 11.8 Å². The lowest BCUT2D eigenvalue weighted by Crippen LogP contribution is -2.26. The lowest BCUT2D eigenvalue weighted by Gasteiger charge is -2.15. The number of thioether (sulfide) groups is 1. The van der Waals surface area contributed by atoms with Gasteiger partial charge in [0.2, 0.25) is 11.8 Å². The van der Waals surface area contributed by atoms with Crippen LogP contribution in [0.3, 0.4) is 0 Å². The Morgan fingerprint density at radius 2 is 1.79 bits per heavy atom. The number of rotatable bonds is 9. The van der Waals surface area contributed by atoms with Crippen LogP contribution in [0.25, 0.3) is 0 Å². The van der Waals surface area contributed by atoms with Crippen molar-refractivity contribution in [2.24, 2.45) is 5.92 Å². The Labute approximate surface area is 170 Å². The molecule has 1 aliphatic carbocycles. The van der Waals surface area contributed by atoms with Crippen LogP contribution in [-0.2, 0) is 9.59 Å². The fraction of sp³-hybridized carbons (Fsp3) is 0.364. The largest absolute Gasteiger partial charge is 0.497 e. The molecule has 0 aliphatic heterocycles. The molecule has 0 bridgehead atoms. The van der Waals surface area contributed by atoms with Crippen LogP contribution in [0.2, 0.25) is 0 Å². The Morgan fingerprint density at radius 1 is 1.11 bits per heavy atom. The van der Waals surface area contributed by atoms with Gasteiger partial charge in [0.1, 0.15) is 5.75 Å². The molecule has 2 N–H and O–H groups in total. The van der Waals surface area contributed by atoms with Gasteiger partial charge in [0.15, 0.2) is 0 Å². The topological polar surface area (TPSA) is 67.4 Å². The number of carbonyl (C=O) groups is 2. The van der Waals surface area contributed by atoms with Crippen molar-refractivity contribution in [2.45, 2.75) is 37.1 Å². The summed E-state index contributed by atoms with van der Waals surface area (Å²) in [5, 5.41) is 5.95. The van der Waals surface area contributed by atoms with Gasteiger partial charge in [-0.15, -0.1) is 11.8 Å². The Bertz CT molecular complexity index is 802. The van der Waals surface area contributed by atoms with Crippen molar-refractivity contribution < 1.29 is 14.3 Å². The predicted molar refractivity (Wildman–Crippen MR) is 113 cm³/mol. The summed E-state index contributed by atoms with van der Waals surface area (Å²) in [6, 6.07) is 15.4. The Kier molecular flexibility index (Phi) is 6.98. The Balaban J connectivity index is 1.40. The molecule has 0 spiro atoms. The van der Waals surface area contributed by atoms with Crippen molar-refractivity contribution in [3.63, 3.8) is 0 Å². The highest BCUT2D eigenvalue weighted by molar-refractivity contribution is 7.99. The molecule has 1 aliphatic rings. The molecular weight excluding hydrogens is 372 g/mol. The molecule has 2 aromatic rings. The van der Waals surface area contributed by atoms with E-state index in [1.54, 1.807) is 18.9 Å². The SMILES string of the molecule is COc1ccc(SCCC(=O)NC(C)c2ccc(NC(=O)C3CC3)cc2)cc1. The molecule has 0 aromatic heterocycles. The molecule has 28 heavy (non-hydrogen) atoms. The second-order valence-electron chi connectivity index (χ2n) is 6.95. The van der Waals surface area contributed by atoms with Crippen LogP contribution in [0.1, 0.15) is 37.8 Å². The predicted octanol–water partition coefficient (Wildman–Crippen LogP) is 4.40. The van der Waals surface area contributed by atoms with E-state index in [0.717, 1.165) is 40.5 Å². The summed E-state index contributed by atoms with van der Waals surface area (Å²) in [4.78, 5) is 25.1. The Morgan fingerprint density at radius 3 is 2.39 bits per heavy atom. The van der Waals surface area contributed by atoms with Crippen LogP contribution in [0.4, 0.5) is 5.69 Å². The van der Waals surface area contributed by atoms with E-state index >= 15 is 0 Å². The van der Waals surface area contributed by atoms with Crippen LogP contribution in [0.5, 0.6) is 5.75 Å². The highest BCUT2D eigenvalue weighted by atomic mass is 32.2. The zero-order valence-electron chi connectivity index (χ0n) is 16.2. The van der Waals surface area contributed by atoms with Crippen LogP contribution in [0, 0.1) is 5.92 Å². The van der Waals surface area contributed by atoms with E-state index in [1.165, 1.54) is 0 Å². The van der Waals surface area contributed by atoms with E-state index in [0.29, 0.717) is 6.42 Å². The lowest BCUT2D eigenvalue weighted by atomic mass is 10.1. The zero-order chi connectivity index (χ0) is 19.9. The molecule has 6 heteroatoms. The molecule has 5 nitrogen and oxygen atoms in total. The molecule has 1 atom stereocenters. The lowest BCUT2D eigenvalue weighted by molar-refractivity contribution is -0.121. The number of hydrogen-bond acceptors (Lipinski definition) is 4. The van der Waals surface area contributed by atoms with Crippen molar-refractivity contribution in [2.75, 3.05) is 18.2 Å². The average Bonchev–Trinajstić information content (AvgIpc) is 3.54. The van der Waals surface area contributed by atoms with Crippen molar-refractivity contribution in [3.05, 3.63) is 54.1 Å². The smallest absolute Gasteiger partial charge is 0.227 e. The maximum absolute atomic E-state index is 12.2. The summed E-state index contributed by atoms with van der Waals surface area (Å²) in [6.07, 6.45) is 2.43. The number of amides is 2. The minimum atomic E-state index is -0.0772. The van der Waals surface area contributed by atoms with E-state index in [1.807, 2.05) is 55.5 Å². The number of nitrogens with one attached hydrogen (secondary N) is 2. The number of ether oxygens (including phenoxy) is 1. The molecule has 2 aromatic carbocycles. The maximum atomic E-state index is 12.2. The van der Waals surface area contributed by atoms with Gasteiger partial charge < -0.3 is 15.4 Å². The maximum Gasteiger partial charge on any atom is 0.227 e. The van der Waals surface area contributed by atoms with Crippen molar-refractivity contribution in [1.82, 2.24) is 5.32 Å². The van der Waals surface area contributed by atoms with Crippen molar-refractivity contribution in [1.29, 1.82) is 0 Å². The van der Waals surface area contributed by atoms with Gasteiger partial charge in [-0.1, -0.05) is 12.1 Å². The van der Waals surface area contributed by atoms with E-state index in [2.05, 4.69) is 10.6 Å². The minimum absolute atomic E-state index is 0.0274. The number of carbonyl (C=O) groups excluding carboxylic acids is 2. The van der Waals surface area contributed by atoms with Crippen molar-refractivity contribution in [3.8, 4) is 5.75 Å². The van der Waals surface area contributed by atoms with E-state index < -0.39 is 0 Å². The first-order valence-corrected chi connectivity index (χ1v) is 10.5. The monoisotopic (exact) mass is 398 g/mol. The summed E-state index contributed by atoms with van der Waals surface area (Å²) < 4.78 is 5.14. The zero-order valence-corrected chi connectivity index (χ0v) is 17.1. The third-order valence-electron chi connectivity index (χ3n) is 4.66. The van der Waals surface area contributed by atoms with Gasteiger partial charge in [0, 0.05) is 28.7 Å². The third kappa shape index (κ3) is 6.02. The van der Waals surface area contributed by atoms with Gasteiger partial charge in [-0.05, 0) is 61.7 Å². The molecule has 0 radical (unpaired) electrons. The first-order chi connectivity index (χ1) is 13.5. The van der Waals surface area contributed by atoms with Gasteiger partial charge in [-0.25, -0.2) is 0 Å². The molecule has 2 amide bonds. The summed E-state index contributed by atoms with van der Waals surface area (Å²) in [6.45, 7) is 1.96. The molecule has 3 rings (SSSR count). The van der Waals surface area contributed by atoms with Crippen LogP contribution in [-0.4, -0.2) is 24.7 Å². The number of hydrogen-bond donors (Lipinski definition) is 2. The Hall–Kier alpha value is -2.47. The second kappa shape index (κ2) is 9.64. The average molecular weight is 399 g/mol. The fourth-order valence-corrected chi connectivity index (χ4v) is 3.63. The van der Waals surface area contributed by atoms with E-state index in [9.17, 15) is 9.59 Å². The van der Waals surface area contributed by atoms with Gasteiger partial charge in [0.25, 0.3) is 0 Å². The van der Waals surface area contributed by atoms with Gasteiger partial charge in [-0.3, -0.25) is 9.59 Å². The summed E-state index contributed by atoms with van der Waals surface area (Å²) in [5.41, 5.74) is 1.82. The molecule has 0 heterocycles.